The highest BCUT2D eigenvalue weighted by molar-refractivity contribution is 5.76. The lowest BCUT2D eigenvalue weighted by molar-refractivity contribution is -0.131. The zero-order chi connectivity index (χ0) is 17.0. The number of likely N-dealkylation sites (tertiary alicyclic amines) is 1. The van der Waals surface area contributed by atoms with E-state index in [-0.39, 0.29) is 11.4 Å². The molecular formula is C17H29N5O2. The summed E-state index contributed by atoms with van der Waals surface area (Å²) in [6.07, 6.45) is 6.26. The summed E-state index contributed by atoms with van der Waals surface area (Å²) in [4.78, 5) is 26.9. The van der Waals surface area contributed by atoms with Crippen LogP contribution >= 0.6 is 0 Å². The van der Waals surface area contributed by atoms with Crippen molar-refractivity contribution in [3.05, 3.63) is 18.2 Å². The molecule has 2 saturated heterocycles. The number of aromatic nitrogens is 2. The maximum absolute atomic E-state index is 12.4. The van der Waals surface area contributed by atoms with Gasteiger partial charge in [-0.25, -0.2) is 4.98 Å². The molecule has 0 bridgehead atoms. The highest BCUT2D eigenvalue weighted by Gasteiger charge is 2.42. The van der Waals surface area contributed by atoms with Crippen molar-refractivity contribution in [3.8, 4) is 0 Å². The maximum atomic E-state index is 12.4. The van der Waals surface area contributed by atoms with Crippen LogP contribution in [0.1, 0.15) is 25.1 Å². The molecule has 1 aromatic heterocycles. The Morgan fingerprint density at radius 1 is 1.33 bits per heavy atom. The molecule has 1 amide bonds. The van der Waals surface area contributed by atoms with E-state index in [1.165, 1.54) is 0 Å². The largest absolute Gasteiger partial charge is 0.383 e. The Balaban J connectivity index is 1.66. The van der Waals surface area contributed by atoms with Crippen LogP contribution in [0.3, 0.4) is 0 Å². The summed E-state index contributed by atoms with van der Waals surface area (Å²) in [6.45, 7) is 6.05. The molecular weight excluding hydrogens is 306 g/mol. The SMILES string of the molecule is COCCN1CC[C@]2(CCC1=O)CN(Cc1ncc[nH]1)CCN2C. The number of likely N-dealkylation sites (N-methyl/N-ethyl adjacent to an activating group) is 1. The molecule has 3 heterocycles. The number of carbonyl (C=O) groups excluding carboxylic acids is 1. The van der Waals surface area contributed by atoms with Gasteiger partial charge in [0.1, 0.15) is 5.82 Å². The lowest BCUT2D eigenvalue weighted by Crippen LogP contribution is -2.60. The van der Waals surface area contributed by atoms with Crippen molar-refractivity contribution < 1.29 is 9.53 Å². The Kier molecular flexibility index (Phi) is 5.53. The number of amides is 1. The molecule has 2 fully saturated rings. The second-order valence-electron chi connectivity index (χ2n) is 7.02. The number of hydrogen-bond donors (Lipinski definition) is 1. The number of imidazole rings is 1. The predicted octanol–water partition coefficient (Wildman–Crippen LogP) is 0.555. The molecule has 1 aromatic rings. The van der Waals surface area contributed by atoms with Crippen LogP contribution in [0.4, 0.5) is 0 Å². The summed E-state index contributed by atoms with van der Waals surface area (Å²) < 4.78 is 5.14. The summed E-state index contributed by atoms with van der Waals surface area (Å²) >= 11 is 0. The van der Waals surface area contributed by atoms with Crippen molar-refractivity contribution in [1.29, 1.82) is 0 Å². The van der Waals surface area contributed by atoms with Crippen LogP contribution in [0.15, 0.2) is 12.4 Å². The molecule has 0 aromatic carbocycles. The van der Waals surface area contributed by atoms with E-state index in [1.54, 1.807) is 13.3 Å². The average Bonchev–Trinajstić information content (AvgIpc) is 3.03. The Bertz CT molecular complexity index is 535. The highest BCUT2D eigenvalue weighted by Crippen LogP contribution is 2.32. The molecule has 24 heavy (non-hydrogen) atoms. The van der Waals surface area contributed by atoms with E-state index >= 15 is 0 Å². The van der Waals surface area contributed by atoms with Gasteiger partial charge in [-0.3, -0.25) is 14.6 Å². The van der Waals surface area contributed by atoms with Crippen LogP contribution in [-0.4, -0.2) is 89.6 Å². The third-order valence-corrected chi connectivity index (χ3v) is 5.58. The van der Waals surface area contributed by atoms with Crippen molar-refractivity contribution in [2.45, 2.75) is 31.3 Å². The molecule has 0 unspecified atom stereocenters. The highest BCUT2D eigenvalue weighted by atomic mass is 16.5. The van der Waals surface area contributed by atoms with Crippen molar-refractivity contribution in [3.63, 3.8) is 0 Å². The lowest BCUT2D eigenvalue weighted by atomic mass is 9.86. The summed E-state index contributed by atoms with van der Waals surface area (Å²) in [5.74, 6) is 1.28. The minimum absolute atomic E-state index is 0.0856. The molecule has 2 aliphatic heterocycles. The van der Waals surface area contributed by atoms with E-state index in [2.05, 4.69) is 26.8 Å². The zero-order valence-corrected chi connectivity index (χ0v) is 14.8. The number of hydrogen-bond acceptors (Lipinski definition) is 5. The topological polar surface area (TPSA) is 64.7 Å². The van der Waals surface area contributed by atoms with E-state index in [9.17, 15) is 4.79 Å². The van der Waals surface area contributed by atoms with E-state index in [0.717, 1.165) is 51.4 Å². The van der Waals surface area contributed by atoms with Crippen LogP contribution in [0.2, 0.25) is 0 Å². The number of ether oxygens (including phenoxy) is 1. The van der Waals surface area contributed by atoms with Gasteiger partial charge < -0.3 is 14.6 Å². The van der Waals surface area contributed by atoms with E-state index in [4.69, 9.17) is 4.74 Å². The van der Waals surface area contributed by atoms with Gasteiger partial charge >= 0.3 is 0 Å². The standard InChI is InChI=1S/C17H29N5O2/c1-20-9-10-21(13-15-18-6-7-19-15)14-17(20)4-3-16(23)22(8-5-17)11-12-24-2/h6-7H,3-5,8-14H2,1-2H3,(H,18,19)/t17-/m1/s1. The molecule has 1 atom stereocenters. The number of aromatic amines is 1. The minimum Gasteiger partial charge on any atom is -0.383 e. The third-order valence-electron chi connectivity index (χ3n) is 5.58. The second-order valence-corrected chi connectivity index (χ2v) is 7.02. The Morgan fingerprint density at radius 2 is 2.21 bits per heavy atom. The van der Waals surface area contributed by atoms with E-state index in [1.807, 2.05) is 11.1 Å². The van der Waals surface area contributed by atoms with Crippen LogP contribution in [0, 0.1) is 0 Å². The van der Waals surface area contributed by atoms with Crippen molar-refractivity contribution >= 4 is 5.91 Å². The van der Waals surface area contributed by atoms with Crippen LogP contribution in [0.5, 0.6) is 0 Å². The first-order valence-electron chi connectivity index (χ1n) is 8.81. The number of carbonyl (C=O) groups is 1. The number of H-pyrrole nitrogens is 1. The molecule has 7 heteroatoms. The first-order chi connectivity index (χ1) is 11.6. The normalized spacial score (nSPS) is 26.9. The molecule has 0 aliphatic carbocycles. The van der Waals surface area contributed by atoms with E-state index < -0.39 is 0 Å². The number of nitrogens with zero attached hydrogens (tertiary/aromatic N) is 4. The summed E-state index contributed by atoms with van der Waals surface area (Å²) in [5, 5.41) is 0. The number of rotatable bonds is 5. The third kappa shape index (κ3) is 3.79. The van der Waals surface area contributed by atoms with Gasteiger partial charge in [-0.1, -0.05) is 0 Å². The molecule has 3 rings (SSSR count). The Labute approximate surface area is 144 Å². The van der Waals surface area contributed by atoms with Gasteiger partial charge in [0, 0.05) is 64.2 Å². The average molecular weight is 335 g/mol. The maximum Gasteiger partial charge on any atom is 0.222 e. The Morgan fingerprint density at radius 3 is 2.96 bits per heavy atom. The Hall–Kier alpha value is -1.44. The van der Waals surface area contributed by atoms with Gasteiger partial charge in [0.2, 0.25) is 5.91 Å². The van der Waals surface area contributed by atoms with Crippen LogP contribution in [0.25, 0.3) is 0 Å². The van der Waals surface area contributed by atoms with Crippen molar-refractivity contribution in [1.82, 2.24) is 24.7 Å². The van der Waals surface area contributed by atoms with Gasteiger partial charge in [-0.05, 0) is 19.9 Å². The quantitative estimate of drug-likeness (QED) is 0.852. The first kappa shape index (κ1) is 17.4. The lowest BCUT2D eigenvalue weighted by Gasteiger charge is -2.49. The van der Waals surface area contributed by atoms with Crippen LogP contribution in [-0.2, 0) is 16.1 Å². The number of piperazine rings is 1. The van der Waals surface area contributed by atoms with Crippen molar-refractivity contribution in [2.24, 2.45) is 0 Å². The molecule has 134 valence electrons. The fourth-order valence-corrected chi connectivity index (χ4v) is 3.94. The van der Waals surface area contributed by atoms with Gasteiger partial charge in [0.25, 0.3) is 0 Å². The van der Waals surface area contributed by atoms with Gasteiger partial charge in [-0.2, -0.15) is 0 Å². The smallest absolute Gasteiger partial charge is 0.222 e. The number of methoxy groups -OCH3 is 1. The fraction of sp³-hybridized carbons (Fsp3) is 0.765. The van der Waals surface area contributed by atoms with Crippen LogP contribution < -0.4 is 0 Å². The predicted molar refractivity (Wildman–Crippen MR) is 91.5 cm³/mol. The summed E-state index contributed by atoms with van der Waals surface area (Å²) in [5.41, 5.74) is 0.0856. The molecule has 7 nitrogen and oxygen atoms in total. The molecule has 0 radical (unpaired) electrons. The zero-order valence-electron chi connectivity index (χ0n) is 14.8. The van der Waals surface area contributed by atoms with Gasteiger partial charge in [0.05, 0.1) is 13.2 Å². The molecule has 0 saturated carbocycles. The van der Waals surface area contributed by atoms with Crippen molar-refractivity contribution in [2.75, 3.05) is 53.5 Å². The van der Waals surface area contributed by atoms with Gasteiger partial charge in [-0.15, -0.1) is 0 Å². The monoisotopic (exact) mass is 335 g/mol. The first-order valence-corrected chi connectivity index (χ1v) is 8.81. The molecule has 1 N–H and O–H groups in total. The number of nitrogens with one attached hydrogen (secondary N) is 1. The fourth-order valence-electron chi connectivity index (χ4n) is 3.94. The summed E-state index contributed by atoms with van der Waals surface area (Å²) in [6, 6.07) is 0. The molecule has 2 aliphatic rings. The second kappa shape index (κ2) is 7.63. The van der Waals surface area contributed by atoms with E-state index in [0.29, 0.717) is 19.6 Å². The summed E-state index contributed by atoms with van der Waals surface area (Å²) in [7, 11) is 3.89. The molecule has 1 spiro atoms. The minimum atomic E-state index is 0.0856. The van der Waals surface area contributed by atoms with Gasteiger partial charge in [0.15, 0.2) is 0 Å².